The van der Waals surface area contributed by atoms with Gasteiger partial charge in [-0.15, -0.1) is 11.6 Å². The minimum atomic E-state index is -0.226. The van der Waals surface area contributed by atoms with E-state index in [1.54, 1.807) is 6.26 Å². The number of hydrogen-bond donors (Lipinski definition) is 0. The lowest BCUT2D eigenvalue weighted by atomic mass is 10.0. The normalized spacial score (nSPS) is 15.4. The fraction of sp³-hybridized carbons (Fsp3) is 0.286. The maximum Gasteiger partial charge on any atom is 0.128 e. The molecule has 1 aromatic carbocycles. The predicted octanol–water partition coefficient (Wildman–Crippen LogP) is 3.85. The average Bonchev–Trinajstić information content (AvgIpc) is 2.95. The summed E-state index contributed by atoms with van der Waals surface area (Å²) in [5.74, 6) is 1.80. The topological polar surface area (TPSA) is 22.4 Å². The number of ether oxygens (including phenoxy) is 1. The van der Waals surface area contributed by atoms with E-state index in [1.165, 1.54) is 5.56 Å². The molecule has 1 unspecified atom stereocenters. The maximum absolute atomic E-state index is 6.45. The summed E-state index contributed by atoms with van der Waals surface area (Å²) >= 11 is 6.45. The summed E-state index contributed by atoms with van der Waals surface area (Å²) in [6.07, 6.45) is 2.64. The lowest BCUT2D eigenvalue weighted by molar-refractivity contribution is 0.357. The molecule has 1 aliphatic rings. The van der Waals surface area contributed by atoms with Gasteiger partial charge in [0.15, 0.2) is 0 Å². The minimum absolute atomic E-state index is 0.226. The van der Waals surface area contributed by atoms with Crippen LogP contribution in [0.2, 0.25) is 0 Å². The summed E-state index contributed by atoms with van der Waals surface area (Å²) in [7, 11) is 0. The van der Waals surface area contributed by atoms with Crippen LogP contribution < -0.4 is 4.74 Å². The molecule has 3 rings (SSSR count). The maximum atomic E-state index is 6.45. The molecule has 0 amide bonds. The highest BCUT2D eigenvalue weighted by molar-refractivity contribution is 6.22. The SMILES string of the molecule is Cc1ccoc1C(Cl)c1ccc2c(c1)CCO2. The third-order valence-corrected chi connectivity index (χ3v) is 3.59. The number of aryl methyl sites for hydroxylation is 1. The third-order valence-electron chi connectivity index (χ3n) is 3.14. The van der Waals surface area contributed by atoms with Crippen molar-refractivity contribution in [3.05, 3.63) is 53.0 Å². The molecule has 0 aliphatic carbocycles. The van der Waals surface area contributed by atoms with Gasteiger partial charge < -0.3 is 9.15 Å². The Kier molecular flexibility index (Phi) is 2.60. The summed E-state index contributed by atoms with van der Waals surface area (Å²) in [4.78, 5) is 0. The number of fused-ring (bicyclic) bond motifs is 1. The van der Waals surface area contributed by atoms with Gasteiger partial charge in [-0.1, -0.05) is 12.1 Å². The number of alkyl halides is 1. The molecular formula is C14H13ClO2. The van der Waals surface area contributed by atoms with Crippen LogP contribution in [0.3, 0.4) is 0 Å². The Balaban J connectivity index is 1.97. The number of halogens is 1. The van der Waals surface area contributed by atoms with Crippen LogP contribution in [0.1, 0.15) is 27.8 Å². The molecule has 17 heavy (non-hydrogen) atoms. The summed E-state index contributed by atoms with van der Waals surface area (Å²) < 4.78 is 10.9. The second-order valence-corrected chi connectivity index (χ2v) is 4.73. The number of benzene rings is 1. The van der Waals surface area contributed by atoms with E-state index in [0.717, 1.165) is 35.7 Å². The molecule has 0 saturated carbocycles. The first-order valence-electron chi connectivity index (χ1n) is 5.69. The molecule has 3 heteroatoms. The van der Waals surface area contributed by atoms with E-state index in [9.17, 15) is 0 Å². The minimum Gasteiger partial charge on any atom is -0.493 e. The van der Waals surface area contributed by atoms with Crippen molar-refractivity contribution in [2.45, 2.75) is 18.7 Å². The lowest BCUT2D eigenvalue weighted by Gasteiger charge is -2.09. The van der Waals surface area contributed by atoms with Gasteiger partial charge in [-0.25, -0.2) is 0 Å². The van der Waals surface area contributed by atoms with Crippen LogP contribution in [0.15, 0.2) is 34.9 Å². The Morgan fingerprint density at radius 2 is 2.18 bits per heavy atom. The van der Waals surface area contributed by atoms with Crippen molar-refractivity contribution in [3.63, 3.8) is 0 Å². The van der Waals surface area contributed by atoms with E-state index < -0.39 is 0 Å². The van der Waals surface area contributed by atoms with Crippen molar-refractivity contribution < 1.29 is 9.15 Å². The fourth-order valence-electron chi connectivity index (χ4n) is 2.16. The Morgan fingerprint density at radius 3 is 2.94 bits per heavy atom. The van der Waals surface area contributed by atoms with E-state index >= 15 is 0 Å². The molecule has 2 heterocycles. The van der Waals surface area contributed by atoms with Crippen molar-refractivity contribution in [1.29, 1.82) is 0 Å². The van der Waals surface area contributed by atoms with Crippen molar-refractivity contribution in [3.8, 4) is 5.75 Å². The van der Waals surface area contributed by atoms with Crippen molar-refractivity contribution >= 4 is 11.6 Å². The highest BCUT2D eigenvalue weighted by atomic mass is 35.5. The van der Waals surface area contributed by atoms with Gasteiger partial charge in [0.2, 0.25) is 0 Å². The Morgan fingerprint density at radius 1 is 1.29 bits per heavy atom. The quantitative estimate of drug-likeness (QED) is 0.754. The average molecular weight is 249 g/mol. The second-order valence-electron chi connectivity index (χ2n) is 4.30. The summed E-state index contributed by atoms with van der Waals surface area (Å²) in [6, 6.07) is 8.04. The van der Waals surface area contributed by atoms with Crippen LogP contribution in [-0.2, 0) is 6.42 Å². The molecule has 88 valence electrons. The van der Waals surface area contributed by atoms with E-state index in [0.29, 0.717) is 0 Å². The van der Waals surface area contributed by atoms with Gasteiger partial charge in [-0.3, -0.25) is 0 Å². The van der Waals surface area contributed by atoms with Crippen molar-refractivity contribution in [1.82, 2.24) is 0 Å². The van der Waals surface area contributed by atoms with Crippen molar-refractivity contribution in [2.75, 3.05) is 6.61 Å². The van der Waals surface area contributed by atoms with Crippen LogP contribution in [0.5, 0.6) is 5.75 Å². The molecule has 0 N–H and O–H groups in total. The first-order valence-corrected chi connectivity index (χ1v) is 6.13. The Hall–Kier alpha value is -1.41. The zero-order valence-corrected chi connectivity index (χ0v) is 10.3. The predicted molar refractivity (Wildman–Crippen MR) is 66.8 cm³/mol. The monoisotopic (exact) mass is 248 g/mol. The van der Waals surface area contributed by atoms with Gasteiger partial charge in [0.25, 0.3) is 0 Å². The van der Waals surface area contributed by atoms with Crippen LogP contribution in [0, 0.1) is 6.92 Å². The van der Waals surface area contributed by atoms with Gasteiger partial charge >= 0.3 is 0 Å². The van der Waals surface area contributed by atoms with Crippen LogP contribution in [0.25, 0.3) is 0 Å². The smallest absolute Gasteiger partial charge is 0.128 e. The van der Waals surface area contributed by atoms with Gasteiger partial charge in [0.05, 0.1) is 12.9 Å². The second kappa shape index (κ2) is 4.11. The number of furan rings is 1. The highest BCUT2D eigenvalue weighted by Crippen LogP contribution is 2.35. The van der Waals surface area contributed by atoms with Crippen LogP contribution >= 0.6 is 11.6 Å². The molecule has 2 nitrogen and oxygen atoms in total. The van der Waals surface area contributed by atoms with Gasteiger partial charge in [0, 0.05) is 6.42 Å². The van der Waals surface area contributed by atoms with Gasteiger partial charge in [0.1, 0.15) is 16.9 Å². The summed E-state index contributed by atoms with van der Waals surface area (Å²) in [5.41, 5.74) is 3.38. The first-order chi connectivity index (χ1) is 8.25. The van der Waals surface area contributed by atoms with Gasteiger partial charge in [-0.05, 0) is 35.7 Å². The van der Waals surface area contributed by atoms with Crippen LogP contribution in [-0.4, -0.2) is 6.61 Å². The van der Waals surface area contributed by atoms with E-state index in [1.807, 2.05) is 25.1 Å². The molecule has 0 fully saturated rings. The Bertz CT molecular complexity index is 545. The zero-order valence-electron chi connectivity index (χ0n) is 9.57. The molecule has 0 saturated heterocycles. The molecule has 0 bridgehead atoms. The first kappa shape index (κ1) is 10.7. The Labute approximate surface area is 105 Å². The molecule has 1 aliphatic heterocycles. The number of hydrogen-bond acceptors (Lipinski definition) is 2. The summed E-state index contributed by atoms with van der Waals surface area (Å²) in [6.45, 7) is 2.77. The number of rotatable bonds is 2. The van der Waals surface area contributed by atoms with E-state index in [2.05, 4.69) is 6.07 Å². The van der Waals surface area contributed by atoms with E-state index in [4.69, 9.17) is 20.8 Å². The van der Waals surface area contributed by atoms with E-state index in [-0.39, 0.29) is 5.38 Å². The lowest BCUT2D eigenvalue weighted by Crippen LogP contribution is -1.94. The molecule has 2 aromatic rings. The summed E-state index contributed by atoms with van der Waals surface area (Å²) in [5, 5.41) is -0.226. The molecule has 0 radical (unpaired) electrons. The van der Waals surface area contributed by atoms with Crippen LogP contribution in [0.4, 0.5) is 0 Å². The molecule has 1 aromatic heterocycles. The third kappa shape index (κ3) is 1.83. The van der Waals surface area contributed by atoms with Gasteiger partial charge in [-0.2, -0.15) is 0 Å². The molecule has 0 spiro atoms. The highest BCUT2D eigenvalue weighted by Gasteiger charge is 2.19. The van der Waals surface area contributed by atoms with Crippen molar-refractivity contribution in [2.24, 2.45) is 0 Å². The standard InChI is InChI=1S/C14H13ClO2/c1-9-4-6-17-14(9)13(15)11-2-3-12-10(8-11)5-7-16-12/h2-4,6,8,13H,5,7H2,1H3. The fourth-order valence-corrected chi connectivity index (χ4v) is 2.52. The largest absolute Gasteiger partial charge is 0.493 e. The molecule has 1 atom stereocenters. The zero-order chi connectivity index (χ0) is 11.8. The molecular weight excluding hydrogens is 236 g/mol.